The molecule has 4 rings (SSSR count). The van der Waals surface area contributed by atoms with Crippen LogP contribution in [0.4, 0.5) is 5.95 Å². The fourth-order valence-corrected chi connectivity index (χ4v) is 3.11. The fourth-order valence-electron chi connectivity index (χ4n) is 3.11. The highest BCUT2D eigenvalue weighted by Crippen LogP contribution is 2.26. The number of anilines is 1. The Hall–Kier alpha value is -2.61. The van der Waals surface area contributed by atoms with E-state index in [1.165, 1.54) is 12.4 Å². The number of morpholine rings is 1. The summed E-state index contributed by atoms with van der Waals surface area (Å²) >= 11 is 0. The maximum absolute atomic E-state index is 12.6. The molecule has 0 aromatic carbocycles. The van der Waals surface area contributed by atoms with Crippen molar-refractivity contribution in [1.29, 1.82) is 0 Å². The first-order valence-corrected chi connectivity index (χ1v) is 7.53. The predicted octanol–water partition coefficient (Wildman–Crippen LogP) is -0.00360. The van der Waals surface area contributed by atoms with Crippen molar-refractivity contribution in [1.82, 2.24) is 24.8 Å². The summed E-state index contributed by atoms with van der Waals surface area (Å²) in [6.07, 6.45) is 7.99. The Bertz CT molecular complexity index is 683. The summed E-state index contributed by atoms with van der Waals surface area (Å²) < 4.78 is 5.84. The lowest BCUT2D eigenvalue weighted by Gasteiger charge is -2.36. The molecule has 2 saturated heterocycles. The lowest BCUT2D eigenvalue weighted by molar-refractivity contribution is 0.0296. The number of fused-ring (bicyclic) bond motifs is 1. The second-order valence-electron chi connectivity index (χ2n) is 5.52. The van der Waals surface area contributed by atoms with Gasteiger partial charge in [0.25, 0.3) is 5.91 Å². The minimum absolute atomic E-state index is 0.0341. The van der Waals surface area contributed by atoms with Gasteiger partial charge in [0.1, 0.15) is 5.69 Å². The van der Waals surface area contributed by atoms with Crippen LogP contribution in [-0.4, -0.2) is 69.1 Å². The van der Waals surface area contributed by atoms with Gasteiger partial charge in [-0.25, -0.2) is 15.0 Å². The van der Waals surface area contributed by atoms with Crippen LogP contribution in [0.2, 0.25) is 0 Å². The number of carbonyl (C=O) groups excluding carboxylic acids is 1. The van der Waals surface area contributed by atoms with Crippen LogP contribution in [0.25, 0.3) is 0 Å². The van der Waals surface area contributed by atoms with Gasteiger partial charge in [0.05, 0.1) is 24.9 Å². The predicted molar refractivity (Wildman–Crippen MR) is 80.8 cm³/mol. The van der Waals surface area contributed by atoms with Crippen LogP contribution in [0.15, 0.2) is 37.1 Å². The van der Waals surface area contributed by atoms with E-state index in [0.29, 0.717) is 31.3 Å². The number of hydrogen-bond acceptors (Lipinski definition) is 7. The van der Waals surface area contributed by atoms with Crippen LogP contribution in [-0.2, 0) is 4.74 Å². The summed E-state index contributed by atoms with van der Waals surface area (Å²) in [6.45, 7) is 2.44. The average molecular weight is 312 g/mol. The summed E-state index contributed by atoms with van der Waals surface area (Å²) in [5.74, 6) is 0.560. The molecule has 2 aromatic heterocycles. The molecular formula is C15H16N6O2. The smallest absolute Gasteiger partial charge is 0.274 e. The molecule has 2 atom stereocenters. The number of carbonyl (C=O) groups is 1. The molecule has 0 aliphatic carbocycles. The molecule has 0 unspecified atom stereocenters. The van der Waals surface area contributed by atoms with Crippen LogP contribution in [0.3, 0.4) is 0 Å². The molecular weight excluding hydrogens is 296 g/mol. The second-order valence-corrected chi connectivity index (χ2v) is 5.52. The first-order chi connectivity index (χ1) is 11.3. The van der Waals surface area contributed by atoms with Crippen LogP contribution >= 0.6 is 0 Å². The third-order valence-corrected chi connectivity index (χ3v) is 4.18. The monoisotopic (exact) mass is 312 g/mol. The highest BCUT2D eigenvalue weighted by atomic mass is 16.5. The number of hydrogen-bond donors (Lipinski definition) is 0. The molecule has 0 saturated carbocycles. The normalized spacial score (nSPS) is 23.7. The van der Waals surface area contributed by atoms with E-state index in [2.05, 4.69) is 24.8 Å². The van der Waals surface area contributed by atoms with Gasteiger partial charge in [-0.2, -0.15) is 0 Å². The highest BCUT2D eigenvalue weighted by Gasteiger charge is 2.43. The molecule has 2 aliphatic rings. The number of nitrogens with zero attached hydrogens (tertiary/aromatic N) is 6. The van der Waals surface area contributed by atoms with E-state index in [0.717, 1.165) is 6.54 Å². The van der Waals surface area contributed by atoms with Crippen molar-refractivity contribution in [3.63, 3.8) is 0 Å². The molecule has 118 valence electrons. The molecule has 0 bridgehead atoms. The zero-order valence-electron chi connectivity index (χ0n) is 12.4. The van der Waals surface area contributed by atoms with Crippen molar-refractivity contribution < 1.29 is 9.53 Å². The first kappa shape index (κ1) is 14.0. The van der Waals surface area contributed by atoms with Crippen molar-refractivity contribution >= 4 is 11.9 Å². The summed E-state index contributed by atoms with van der Waals surface area (Å²) in [5, 5.41) is 0. The molecule has 8 nitrogen and oxygen atoms in total. The highest BCUT2D eigenvalue weighted by molar-refractivity contribution is 5.92. The van der Waals surface area contributed by atoms with Gasteiger partial charge in [-0.1, -0.05) is 0 Å². The van der Waals surface area contributed by atoms with Crippen molar-refractivity contribution in [3.8, 4) is 0 Å². The Labute approximate surface area is 133 Å². The Morgan fingerprint density at radius 3 is 2.78 bits per heavy atom. The zero-order valence-corrected chi connectivity index (χ0v) is 12.4. The summed E-state index contributed by atoms with van der Waals surface area (Å²) in [4.78, 5) is 33.1. The molecule has 2 fully saturated rings. The second kappa shape index (κ2) is 5.88. The van der Waals surface area contributed by atoms with E-state index in [-0.39, 0.29) is 18.1 Å². The summed E-state index contributed by atoms with van der Waals surface area (Å²) in [6, 6.07) is 1.85. The van der Waals surface area contributed by atoms with Crippen LogP contribution in [0.5, 0.6) is 0 Å². The fraction of sp³-hybridized carbons (Fsp3) is 0.400. The average Bonchev–Trinajstić information content (AvgIpc) is 3.06. The summed E-state index contributed by atoms with van der Waals surface area (Å²) in [7, 11) is 0. The lowest BCUT2D eigenvalue weighted by Crippen LogP contribution is -2.51. The molecule has 8 heteroatoms. The van der Waals surface area contributed by atoms with Crippen molar-refractivity contribution in [3.05, 3.63) is 42.7 Å². The molecule has 0 N–H and O–H groups in total. The number of aromatic nitrogens is 4. The number of likely N-dealkylation sites (tertiary alicyclic amines) is 1. The SMILES string of the molecule is O=C(c1cnccn1)N1C[C@@H]2OCCN(c3ncccn3)[C@@H]2C1. The van der Waals surface area contributed by atoms with Gasteiger partial charge < -0.3 is 14.5 Å². The van der Waals surface area contributed by atoms with Gasteiger partial charge >= 0.3 is 0 Å². The Morgan fingerprint density at radius 1 is 1.13 bits per heavy atom. The van der Waals surface area contributed by atoms with Gasteiger partial charge in [0, 0.05) is 44.4 Å². The largest absolute Gasteiger partial charge is 0.372 e. The minimum Gasteiger partial charge on any atom is -0.372 e. The van der Waals surface area contributed by atoms with E-state index in [4.69, 9.17) is 4.74 Å². The van der Waals surface area contributed by atoms with E-state index in [1.807, 2.05) is 0 Å². The topological polar surface area (TPSA) is 84.3 Å². The van der Waals surface area contributed by atoms with Crippen molar-refractivity contribution in [2.45, 2.75) is 12.1 Å². The molecule has 2 aromatic rings. The Kier molecular flexibility index (Phi) is 3.58. The van der Waals surface area contributed by atoms with Crippen molar-refractivity contribution in [2.24, 2.45) is 0 Å². The van der Waals surface area contributed by atoms with Crippen LogP contribution in [0, 0.1) is 0 Å². The molecule has 23 heavy (non-hydrogen) atoms. The minimum atomic E-state index is -0.120. The standard InChI is InChI=1S/C15H16N6O2/c22-14(11-8-16-4-5-17-11)20-9-12-13(10-20)23-7-6-21(12)15-18-2-1-3-19-15/h1-5,8,12-13H,6-7,9-10H2/t12-,13+/m1/s1. The molecule has 4 heterocycles. The number of rotatable bonds is 2. The van der Waals surface area contributed by atoms with Gasteiger partial charge in [-0.05, 0) is 6.07 Å². The molecule has 2 aliphatic heterocycles. The summed E-state index contributed by atoms with van der Waals surface area (Å²) in [5.41, 5.74) is 0.355. The quantitative estimate of drug-likeness (QED) is 0.771. The maximum Gasteiger partial charge on any atom is 0.274 e. The van der Waals surface area contributed by atoms with Crippen LogP contribution < -0.4 is 4.90 Å². The van der Waals surface area contributed by atoms with Gasteiger partial charge in [-0.3, -0.25) is 9.78 Å². The van der Waals surface area contributed by atoms with Gasteiger partial charge in [0.15, 0.2) is 0 Å². The van der Waals surface area contributed by atoms with E-state index in [1.54, 1.807) is 29.6 Å². The number of ether oxygens (including phenoxy) is 1. The zero-order chi connectivity index (χ0) is 15.6. The molecule has 0 radical (unpaired) electrons. The molecule has 0 spiro atoms. The van der Waals surface area contributed by atoms with Crippen LogP contribution in [0.1, 0.15) is 10.5 Å². The van der Waals surface area contributed by atoms with Gasteiger partial charge in [0.2, 0.25) is 5.95 Å². The van der Waals surface area contributed by atoms with E-state index >= 15 is 0 Å². The van der Waals surface area contributed by atoms with Crippen molar-refractivity contribution in [2.75, 3.05) is 31.1 Å². The Balaban J connectivity index is 1.54. The lowest BCUT2D eigenvalue weighted by atomic mass is 10.1. The van der Waals surface area contributed by atoms with E-state index in [9.17, 15) is 4.79 Å². The Morgan fingerprint density at radius 2 is 2.00 bits per heavy atom. The third-order valence-electron chi connectivity index (χ3n) is 4.18. The van der Waals surface area contributed by atoms with E-state index < -0.39 is 0 Å². The van der Waals surface area contributed by atoms with Gasteiger partial charge in [-0.15, -0.1) is 0 Å². The first-order valence-electron chi connectivity index (χ1n) is 7.53. The number of amides is 1. The third kappa shape index (κ3) is 2.61. The maximum atomic E-state index is 12.6. The molecule has 1 amide bonds.